The smallest absolute Gasteiger partial charge is 0.388 e. The number of halogens is 3. The van der Waals surface area contributed by atoms with Crippen LogP contribution in [0.5, 0.6) is 5.88 Å². The van der Waals surface area contributed by atoms with Gasteiger partial charge in [0.05, 0.1) is 22.8 Å². The summed E-state index contributed by atoms with van der Waals surface area (Å²) in [5, 5.41) is 4.85. The first kappa shape index (κ1) is 28.4. The minimum atomic E-state index is -3.73. The zero-order valence-electron chi connectivity index (χ0n) is 21.4. The number of pyridine rings is 2. The van der Waals surface area contributed by atoms with Gasteiger partial charge in [-0.25, -0.2) is 18.4 Å². The molecule has 0 saturated carbocycles. The van der Waals surface area contributed by atoms with Gasteiger partial charge in [-0.15, -0.1) is 0 Å². The van der Waals surface area contributed by atoms with Gasteiger partial charge < -0.3 is 30.9 Å². The third kappa shape index (κ3) is 6.54. The van der Waals surface area contributed by atoms with Crippen LogP contribution >= 0.6 is 11.6 Å². The molecule has 16 heteroatoms. The van der Waals surface area contributed by atoms with Crippen molar-refractivity contribution < 1.29 is 21.9 Å². The number of nitrogen functional groups attached to an aromatic ring is 1. The quantitative estimate of drug-likeness (QED) is 0.338. The Morgan fingerprint density at radius 2 is 1.82 bits per heavy atom. The van der Waals surface area contributed by atoms with E-state index in [1.54, 1.807) is 19.9 Å². The highest BCUT2D eigenvalue weighted by Gasteiger charge is 2.25. The van der Waals surface area contributed by atoms with Gasteiger partial charge in [0, 0.05) is 32.4 Å². The summed E-state index contributed by atoms with van der Waals surface area (Å²) in [5.41, 5.74) is 6.64. The minimum Gasteiger partial charge on any atom is -0.415 e. The van der Waals surface area contributed by atoms with E-state index in [1.165, 1.54) is 24.5 Å². The first-order chi connectivity index (χ1) is 18.5. The molecule has 4 rings (SSSR count). The molecule has 39 heavy (non-hydrogen) atoms. The summed E-state index contributed by atoms with van der Waals surface area (Å²) < 4.78 is 56.7. The van der Waals surface area contributed by atoms with Crippen molar-refractivity contribution in [2.45, 2.75) is 30.7 Å². The maximum absolute atomic E-state index is 13.3. The topological polar surface area (TPSA) is 151 Å². The second kappa shape index (κ2) is 11.7. The van der Waals surface area contributed by atoms with E-state index in [0.29, 0.717) is 18.9 Å². The van der Waals surface area contributed by atoms with Crippen LogP contribution in [0.4, 0.5) is 43.4 Å². The van der Waals surface area contributed by atoms with Gasteiger partial charge >= 0.3 is 6.61 Å². The molecule has 0 unspecified atom stereocenters. The fraction of sp³-hybridized carbons (Fsp3) is 0.391. The molecular weight excluding hydrogens is 556 g/mol. The molecule has 1 saturated heterocycles. The Bertz CT molecular complexity index is 1440. The summed E-state index contributed by atoms with van der Waals surface area (Å²) in [6.45, 7) is 2.70. The Balaban J connectivity index is 1.65. The van der Waals surface area contributed by atoms with Gasteiger partial charge in [-0.1, -0.05) is 11.6 Å². The molecule has 0 aromatic carbocycles. The number of nitrogens with one attached hydrogen (secondary N) is 2. The summed E-state index contributed by atoms with van der Waals surface area (Å²) in [5.74, 6) is -0.0710. The zero-order valence-corrected chi connectivity index (χ0v) is 23.0. The molecule has 4 heterocycles. The van der Waals surface area contributed by atoms with Gasteiger partial charge in [-0.3, -0.25) is 0 Å². The maximum atomic E-state index is 13.3. The third-order valence-electron chi connectivity index (χ3n) is 5.90. The molecule has 0 atom stereocenters. The van der Waals surface area contributed by atoms with Crippen LogP contribution in [-0.4, -0.2) is 78.3 Å². The van der Waals surface area contributed by atoms with Crippen molar-refractivity contribution in [2.24, 2.45) is 0 Å². The molecule has 0 amide bonds. The number of nitrogens with two attached hydrogens (primary N) is 1. The number of likely N-dealkylation sites (N-methyl/N-ethyl adjacent to an activating group) is 1. The average molecular weight is 584 g/mol. The molecule has 1 aliphatic heterocycles. The van der Waals surface area contributed by atoms with Gasteiger partial charge in [-0.2, -0.15) is 18.7 Å². The number of piperazine rings is 1. The predicted molar refractivity (Wildman–Crippen MR) is 145 cm³/mol. The molecule has 0 radical (unpaired) electrons. The van der Waals surface area contributed by atoms with Gasteiger partial charge in [0.25, 0.3) is 0 Å². The van der Waals surface area contributed by atoms with Crippen molar-refractivity contribution in [3.63, 3.8) is 0 Å². The summed E-state index contributed by atoms with van der Waals surface area (Å²) in [6, 6.07) is 4.49. The molecule has 1 aliphatic rings. The second-order valence-corrected chi connectivity index (χ2v) is 11.8. The summed E-state index contributed by atoms with van der Waals surface area (Å²) >= 11 is 6.27. The number of sulfone groups is 1. The molecule has 210 valence electrons. The summed E-state index contributed by atoms with van der Waals surface area (Å²) in [7, 11) is -1.74. The van der Waals surface area contributed by atoms with Crippen molar-refractivity contribution in [1.82, 2.24) is 24.8 Å². The van der Waals surface area contributed by atoms with Gasteiger partial charge in [0.15, 0.2) is 26.5 Å². The fourth-order valence-electron chi connectivity index (χ4n) is 3.74. The van der Waals surface area contributed by atoms with Crippen LogP contribution in [0, 0.1) is 0 Å². The number of hydrogen-bond donors (Lipinski definition) is 3. The van der Waals surface area contributed by atoms with Crippen molar-refractivity contribution in [1.29, 1.82) is 0 Å². The van der Waals surface area contributed by atoms with Crippen LogP contribution in [0.25, 0.3) is 0 Å². The van der Waals surface area contributed by atoms with E-state index in [-0.39, 0.29) is 38.9 Å². The number of rotatable bonds is 9. The lowest BCUT2D eigenvalue weighted by atomic mass is 10.2. The molecule has 3 aromatic heterocycles. The Labute approximate surface area is 229 Å². The normalized spacial score (nSPS) is 14.6. The molecule has 3 aromatic rings. The van der Waals surface area contributed by atoms with Crippen molar-refractivity contribution in [3.8, 4) is 5.88 Å². The van der Waals surface area contributed by atoms with E-state index in [9.17, 15) is 17.2 Å². The Morgan fingerprint density at radius 3 is 2.49 bits per heavy atom. The SMILES string of the molecule is CC(C)S(=O)(=O)c1ncccc1Nc1nc(Nc2cc(N)c(N3CCN(C)CC3)nc2OC(F)F)ncc1Cl. The van der Waals surface area contributed by atoms with Gasteiger partial charge in [0.1, 0.15) is 10.7 Å². The van der Waals surface area contributed by atoms with Crippen LogP contribution in [0.2, 0.25) is 5.02 Å². The third-order valence-corrected chi connectivity index (χ3v) is 8.29. The van der Waals surface area contributed by atoms with Gasteiger partial charge in [0.2, 0.25) is 11.8 Å². The second-order valence-electron chi connectivity index (χ2n) is 9.01. The van der Waals surface area contributed by atoms with E-state index in [0.717, 1.165) is 13.1 Å². The number of ether oxygens (including phenoxy) is 1. The molecule has 0 spiro atoms. The lowest BCUT2D eigenvalue weighted by molar-refractivity contribution is -0.0522. The lowest BCUT2D eigenvalue weighted by Crippen LogP contribution is -2.45. The number of alkyl halides is 2. The fourth-order valence-corrected chi connectivity index (χ4v) is 4.96. The highest BCUT2D eigenvalue weighted by Crippen LogP contribution is 2.35. The van der Waals surface area contributed by atoms with E-state index >= 15 is 0 Å². The number of nitrogens with zero attached hydrogens (tertiary/aromatic N) is 6. The van der Waals surface area contributed by atoms with E-state index in [2.05, 4.69) is 40.2 Å². The van der Waals surface area contributed by atoms with E-state index in [4.69, 9.17) is 17.3 Å². The molecule has 12 nitrogen and oxygen atoms in total. The van der Waals surface area contributed by atoms with Crippen LogP contribution in [0.3, 0.4) is 0 Å². The Kier molecular flexibility index (Phi) is 8.51. The minimum absolute atomic E-state index is 0.00315. The van der Waals surface area contributed by atoms with E-state index in [1.807, 2.05) is 11.9 Å². The first-order valence-corrected chi connectivity index (χ1v) is 13.8. The predicted octanol–water partition coefficient (Wildman–Crippen LogP) is 3.52. The molecule has 4 N–H and O–H groups in total. The number of hydrogen-bond acceptors (Lipinski definition) is 12. The monoisotopic (exact) mass is 583 g/mol. The van der Waals surface area contributed by atoms with E-state index < -0.39 is 27.6 Å². The Hall–Kier alpha value is -3.56. The van der Waals surface area contributed by atoms with Crippen LogP contribution < -0.4 is 26.0 Å². The lowest BCUT2D eigenvalue weighted by Gasteiger charge is -2.34. The number of anilines is 6. The number of aromatic nitrogens is 4. The van der Waals surface area contributed by atoms with Gasteiger partial charge in [-0.05, 0) is 39.1 Å². The van der Waals surface area contributed by atoms with Crippen LogP contribution in [-0.2, 0) is 9.84 Å². The zero-order chi connectivity index (χ0) is 28.3. The largest absolute Gasteiger partial charge is 0.415 e. The van der Waals surface area contributed by atoms with Crippen molar-refractivity contribution in [3.05, 3.63) is 35.6 Å². The molecule has 0 aliphatic carbocycles. The standard InChI is InChI=1S/C23H28ClF2N9O3S/c1-13(2)39(36,37)21-16(5-4-6-28-21)30-18-14(24)12-29-23(32-18)31-17-11-15(27)19(33-20(17)38-22(25)26)35-9-7-34(3)8-10-35/h4-6,11-13,22H,7-10,27H2,1-3H3,(H2,29,30,31,32). The highest BCUT2D eigenvalue weighted by atomic mass is 35.5. The molecule has 1 fully saturated rings. The first-order valence-electron chi connectivity index (χ1n) is 11.9. The summed E-state index contributed by atoms with van der Waals surface area (Å²) in [6.07, 6.45) is 2.62. The Morgan fingerprint density at radius 1 is 1.10 bits per heavy atom. The maximum Gasteiger partial charge on any atom is 0.388 e. The highest BCUT2D eigenvalue weighted by molar-refractivity contribution is 7.92. The van der Waals surface area contributed by atoms with Crippen molar-refractivity contribution in [2.75, 3.05) is 54.5 Å². The summed E-state index contributed by atoms with van der Waals surface area (Å²) in [4.78, 5) is 20.7. The van der Waals surface area contributed by atoms with Crippen molar-refractivity contribution >= 4 is 56.1 Å². The van der Waals surface area contributed by atoms with Crippen LogP contribution in [0.1, 0.15) is 13.8 Å². The molecular formula is C23H28ClF2N9O3S. The average Bonchev–Trinajstić information content (AvgIpc) is 2.88. The van der Waals surface area contributed by atoms with Crippen LogP contribution in [0.15, 0.2) is 35.6 Å². The molecule has 0 bridgehead atoms.